The smallest absolute Gasteiger partial charge is 0.411 e. The van der Waals surface area contributed by atoms with E-state index in [9.17, 15) is 19.2 Å². The minimum absolute atomic E-state index is 0.0585. The molecule has 0 aliphatic carbocycles. The summed E-state index contributed by atoms with van der Waals surface area (Å²) < 4.78 is 23.0. The first-order chi connectivity index (χ1) is 21.2. The maximum atomic E-state index is 14.1. The molecule has 3 aromatic rings. The summed E-state index contributed by atoms with van der Waals surface area (Å²) in [6, 6.07) is 25.1. The van der Waals surface area contributed by atoms with E-state index in [0.29, 0.717) is 11.1 Å². The molecule has 1 aliphatic rings. The van der Waals surface area contributed by atoms with Crippen LogP contribution >= 0.6 is 0 Å². The normalized spacial score (nSPS) is 18.6. The Bertz CT molecular complexity index is 1430. The van der Waals surface area contributed by atoms with Gasteiger partial charge in [-0.15, -0.1) is 0 Å². The summed E-state index contributed by atoms with van der Waals surface area (Å²) in [5.74, 6) is -4.06. The first-order valence-electron chi connectivity index (χ1n) is 15.0. The molecule has 1 heterocycles. The lowest BCUT2D eigenvalue weighted by molar-refractivity contribution is -0.181. The molecule has 9 nitrogen and oxygen atoms in total. The van der Waals surface area contributed by atoms with Crippen molar-refractivity contribution in [1.29, 1.82) is 0 Å². The van der Waals surface area contributed by atoms with E-state index in [1.807, 2.05) is 91.0 Å². The van der Waals surface area contributed by atoms with Crippen molar-refractivity contribution in [1.82, 2.24) is 4.90 Å². The standard InChI is InChI=1S/C36H41NO8/c1-35(2,3)44-31(38)27(32(39)45-36(4,5)6)22-28-33(40)43-30(26-20-14-9-15-21-26)29(25-18-12-8-13-19-25)37(28)34(41)42-23-24-16-10-7-11-17-24/h7-21,27-30H,22-23H2,1-6H3/t28-,29-,30+/m0/s1. The van der Waals surface area contributed by atoms with Crippen LogP contribution in [-0.4, -0.2) is 46.1 Å². The summed E-state index contributed by atoms with van der Waals surface area (Å²) in [5.41, 5.74) is 0.229. The topological polar surface area (TPSA) is 108 Å². The Morgan fingerprint density at radius 3 is 1.69 bits per heavy atom. The zero-order valence-corrected chi connectivity index (χ0v) is 26.6. The molecule has 1 aliphatic heterocycles. The van der Waals surface area contributed by atoms with Gasteiger partial charge < -0.3 is 18.9 Å². The zero-order chi connectivity index (χ0) is 32.8. The lowest BCUT2D eigenvalue weighted by Crippen LogP contribution is -2.56. The molecule has 0 aromatic heterocycles. The Morgan fingerprint density at radius 1 is 0.733 bits per heavy atom. The van der Waals surface area contributed by atoms with Crippen LogP contribution in [-0.2, 0) is 39.9 Å². The fourth-order valence-corrected chi connectivity index (χ4v) is 5.10. The lowest BCUT2D eigenvalue weighted by atomic mass is 9.88. The van der Waals surface area contributed by atoms with Crippen LogP contribution in [0, 0.1) is 5.92 Å². The van der Waals surface area contributed by atoms with Gasteiger partial charge in [-0.1, -0.05) is 91.0 Å². The monoisotopic (exact) mass is 615 g/mol. The molecule has 1 saturated heterocycles. The molecule has 3 atom stereocenters. The van der Waals surface area contributed by atoms with Crippen molar-refractivity contribution in [3.05, 3.63) is 108 Å². The van der Waals surface area contributed by atoms with E-state index < -0.39 is 65.7 Å². The van der Waals surface area contributed by atoms with Gasteiger partial charge >= 0.3 is 24.0 Å². The minimum Gasteiger partial charge on any atom is -0.459 e. The van der Waals surface area contributed by atoms with Gasteiger partial charge in [0.2, 0.25) is 0 Å². The fourth-order valence-electron chi connectivity index (χ4n) is 5.10. The lowest BCUT2D eigenvalue weighted by Gasteiger charge is -2.45. The molecule has 1 amide bonds. The molecule has 0 saturated carbocycles. The van der Waals surface area contributed by atoms with Crippen LogP contribution in [0.15, 0.2) is 91.0 Å². The zero-order valence-electron chi connectivity index (χ0n) is 26.6. The summed E-state index contributed by atoms with van der Waals surface area (Å²) in [6.07, 6.45) is -2.14. The maximum absolute atomic E-state index is 14.1. The van der Waals surface area contributed by atoms with Gasteiger partial charge in [0.15, 0.2) is 12.0 Å². The van der Waals surface area contributed by atoms with Gasteiger partial charge in [-0.2, -0.15) is 0 Å². The van der Waals surface area contributed by atoms with E-state index in [0.717, 1.165) is 5.56 Å². The number of ether oxygens (including phenoxy) is 4. The number of benzene rings is 3. The van der Waals surface area contributed by atoms with Gasteiger partial charge in [-0.3, -0.25) is 14.5 Å². The summed E-state index contributed by atoms with van der Waals surface area (Å²) in [4.78, 5) is 56.3. The number of esters is 3. The first kappa shape index (κ1) is 33.2. The van der Waals surface area contributed by atoms with E-state index in [1.165, 1.54) is 4.90 Å². The second-order valence-electron chi connectivity index (χ2n) is 12.9. The number of hydrogen-bond acceptors (Lipinski definition) is 8. The van der Waals surface area contributed by atoms with Crippen molar-refractivity contribution in [2.24, 2.45) is 5.92 Å². The van der Waals surface area contributed by atoms with Gasteiger partial charge in [0.05, 0.1) is 0 Å². The molecule has 1 fully saturated rings. The largest absolute Gasteiger partial charge is 0.459 e. The van der Waals surface area contributed by atoms with Gasteiger partial charge in [-0.05, 0) is 58.2 Å². The van der Waals surface area contributed by atoms with Gasteiger partial charge in [-0.25, -0.2) is 9.59 Å². The Hall–Kier alpha value is -4.66. The highest BCUT2D eigenvalue weighted by Crippen LogP contribution is 2.44. The average Bonchev–Trinajstić information content (AvgIpc) is 2.98. The molecular weight excluding hydrogens is 574 g/mol. The van der Waals surface area contributed by atoms with Gasteiger partial charge in [0.1, 0.15) is 29.9 Å². The van der Waals surface area contributed by atoms with Crippen molar-refractivity contribution in [2.45, 2.75) is 84.0 Å². The van der Waals surface area contributed by atoms with Crippen LogP contribution in [0.5, 0.6) is 0 Å². The van der Waals surface area contributed by atoms with E-state index in [2.05, 4.69) is 0 Å². The van der Waals surface area contributed by atoms with E-state index in [4.69, 9.17) is 18.9 Å². The quantitative estimate of drug-likeness (QED) is 0.156. The van der Waals surface area contributed by atoms with Crippen molar-refractivity contribution >= 4 is 24.0 Å². The molecule has 0 spiro atoms. The van der Waals surface area contributed by atoms with Crippen LogP contribution < -0.4 is 0 Å². The SMILES string of the molecule is CC(C)(C)OC(=O)C(C[C@H]1C(=O)O[C@H](c2ccccc2)[C@H](c2ccccc2)N1C(=O)OCc1ccccc1)C(=O)OC(C)(C)C. The van der Waals surface area contributed by atoms with Crippen molar-refractivity contribution < 1.29 is 38.1 Å². The van der Waals surface area contributed by atoms with E-state index in [1.54, 1.807) is 41.5 Å². The number of hydrogen-bond donors (Lipinski definition) is 0. The summed E-state index contributed by atoms with van der Waals surface area (Å²) >= 11 is 0. The Balaban J connectivity index is 1.80. The average molecular weight is 616 g/mol. The third-order valence-electron chi connectivity index (χ3n) is 6.96. The number of nitrogens with zero attached hydrogens (tertiary/aromatic N) is 1. The number of morpholine rings is 1. The third-order valence-corrected chi connectivity index (χ3v) is 6.96. The number of cyclic esters (lactones) is 1. The fraction of sp³-hybridized carbons (Fsp3) is 0.389. The van der Waals surface area contributed by atoms with Crippen LogP contribution in [0.25, 0.3) is 0 Å². The molecule has 3 aromatic carbocycles. The molecule has 45 heavy (non-hydrogen) atoms. The van der Waals surface area contributed by atoms with E-state index in [-0.39, 0.29) is 6.61 Å². The summed E-state index contributed by atoms with van der Waals surface area (Å²) in [5, 5.41) is 0. The molecule has 0 bridgehead atoms. The Labute approximate surface area is 264 Å². The highest BCUT2D eigenvalue weighted by Gasteiger charge is 2.51. The molecular formula is C36H41NO8. The molecule has 0 radical (unpaired) electrons. The Morgan fingerprint density at radius 2 is 1.20 bits per heavy atom. The number of amides is 1. The number of carbonyl (C=O) groups excluding carboxylic acids is 4. The second kappa shape index (κ2) is 14.0. The summed E-state index contributed by atoms with van der Waals surface area (Å²) in [6.45, 7) is 10.00. The van der Waals surface area contributed by atoms with Crippen LogP contribution in [0.4, 0.5) is 4.79 Å². The van der Waals surface area contributed by atoms with Gasteiger partial charge in [0, 0.05) is 6.42 Å². The van der Waals surface area contributed by atoms with Crippen LogP contribution in [0.3, 0.4) is 0 Å². The van der Waals surface area contributed by atoms with Crippen molar-refractivity contribution in [3.8, 4) is 0 Å². The highest BCUT2D eigenvalue weighted by atomic mass is 16.6. The minimum atomic E-state index is -1.53. The van der Waals surface area contributed by atoms with E-state index >= 15 is 0 Å². The second-order valence-corrected chi connectivity index (χ2v) is 12.9. The van der Waals surface area contributed by atoms with Crippen molar-refractivity contribution in [2.75, 3.05) is 0 Å². The molecule has 238 valence electrons. The number of rotatable bonds is 8. The molecule has 4 rings (SSSR count). The predicted octanol–water partition coefficient (Wildman–Crippen LogP) is 6.72. The molecule has 0 N–H and O–H groups in total. The summed E-state index contributed by atoms with van der Waals surface area (Å²) in [7, 11) is 0. The predicted molar refractivity (Wildman–Crippen MR) is 167 cm³/mol. The number of carbonyl (C=O) groups is 4. The highest BCUT2D eigenvalue weighted by molar-refractivity contribution is 5.96. The van der Waals surface area contributed by atoms with Crippen LogP contribution in [0.1, 0.15) is 76.8 Å². The maximum Gasteiger partial charge on any atom is 0.411 e. The van der Waals surface area contributed by atoms with Crippen LogP contribution in [0.2, 0.25) is 0 Å². The first-order valence-corrected chi connectivity index (χ1v) is 15.0. The Kier molecular flexibility index (Phi) is 10.3. The van der Waals surface area contributed by atoms with Crippen molar-refractivity contribution in [3.63, 3.8) is 0 Å². The molecule has 9 heteroatoms. The third kappa shape index (κ3) is 8.94. The molecule has 0 unspecified atom stereocenters. The van der Waals surface area contributed by atoms with Gasteiger partial charge in [0.25, 0.3) is 0 Å².